The number of ether oxygens (including phenoxy) is 1. The van der Waals surface area contributed by atoms with Crippen LogP contribution in [0.1, 0.15) is 12.5 Å². The van der Waals surface area contributed by atoms with Gasteiger partial charge in [0.25, 0.3) is 0 Å². The maximum absolute atomic E-state index is 12.1. The third kappa shape index (κ3) is 4.98. The second-order valence-electron chi connectivity index (χ2n) is 5.98. The van der Waals surface area contributed by atoms with E-state index >= 15 is 0 Å². The number of amides is 1. The molecule has 0 bridgehead atoms. The standard InChI is InChI=1S/C21H22N2O2/c1-17(25-20-7-3-2-4-8-20)16-22-21(24)15-18-9-11-19(12-10-18)23-13-5-6-14-23/h2-14,17H,15-16H2,1H3,(H,22,24). The second kappa shape index (κ2) is 8.20. The lowest BCUT2D eigenvalue weighted by atomic mass is 10.1. The Balaban J connectivity index is 1.46. The zero-order valence-electron chi connectivity index (χ0n) is 14.3. The number of carbonyl (C=O) groups excluding carboxylic acids is 1. The Kier molecular flexibility index (Phi) is 5.52. The van der Waals surface area contributed by atoms with E-state index < -0.39 is 0 Å². The lowest BCUT2D eigenvalue weighted by Crippen LogP contribution is -2.34. The van der Waals surface area contributed by atoms with Crippen LogP contribution in [-0.2, 0) is 11.2 Å². The van der Waals surface area contributed by atoms with Crippen LogP contribution in [0.25, 0.3) is 5.69 Å². The van der Waals surface area contributed by atoms with E-state index in [1.54, 1.807) is 0 Å². The van der Waals surface area contributed by atoms with Gasteiger partial charge in [-0.3, -0.25) is 4.79 Å². The SMILES string of the molecule is CC(CNC(=O)Cc1ccc(-n2cccc2)cc1)Oc1ccccc1. The summed E-state index contributed by atoms with van der Waals surface area (Å²) in [6, 6.07) is 21.6. The predicted octanol–water partition coefficient (Wildman–Crippen LogP) is 3.60. The van der Waals surface area contributed by atoms with Crippen molar-refractivity contribution in [3.8, 4) is 11.4 Å². The zero-order valence-corrected chi connectivity index (χ0v) is 14.3. The molecule has 1 unspecified atom stereocenters. The van der Waals surface area contributed by atoms with Gasteiger partial charge in [-0.25, -0.2) is 0 Å². The summed E-state index contributed by atoms with van der Waals surface area (Å²) in [5, 5.41) is 2.92. The van der Waals surface area contributed by atoms with E-state index in [2.05, 4.69) is 5.32 Å². The summed E-state index contributed by atoms with van der Waals surface area (Å²) in [6.45, 7) is 2.42. The van der Waals surface area contributed by atoms with Gasteiger partial charge in [0.15, 0.2) is 0 Å². The summed E-state index contributed by atoms with van der Waals surface area (Å²) >= 11 is 0. The summed E-state index contributed by atoms with van der Waals surface area (Å²) in [5.41, 5.74) is 2.07. The van der Waals surface area contributed by atoms with Crippen LogP contribution in [0.2, 0.25) is 0 Å². The Hall–Kier alpha value is -3.01. The van der Waals surface area contributed by atoms with E-state index in [4.69, 9.17) is 4.74 Å². The third-order valence-corrected chi connectivity index (χ3v) is 3.87. The Labute approximate surface area is 148 Å². The van der Waals surface area contributed by atoms with Crippen molar-refractivity contribution in [1.82, 2.24) is 9.88 Å². The highest BCUT2D eigenvalue weighted by molar-refractivity contribution is 5.78. The van der Waals surface area contributed by atoms with Crippen molar-refractivity contribution in [3.05, 3.63) is 84.7 Å². The first-order valence-corrected chi connectivity index (χ1v) is 8.41. The second-order valence-corrected chi connectivity index (χ2v) is 5.98. The van der Waals surface area contributed by atoms with E-state index in [1.165, 1.54) is 0 Å². The quantitative estimate of drug-likeness (QED) is 0.717. The number of nitrogens with zero attached hydrogens (tertiary/aromatic N) is 1. The van der Waals surface area contributed by atoms with Gasteiger partial charge in [-0.15, -0.1) is 0 Å². The largest absolute Gasteiger partial charge is 0.489 e. The Bertz CT molecular complexity index is 781. The summed E-state index contributed by atoms with van der Waals surface area (Å²) in [7, 11) is 0. The predicted molar refractivity (Wildman–Crippen MR) is 99.0 cm³/mol. The fourth-order valence-electron chi connectivity index (χ4n) is 2.57. The smallest absolute Gasteiger partial charge is 0.224 e. The van der Waals surface area contributed by atoms with Crippen LogP contribution in [0, 0.1) is 0 Å². The molecule has 0 aliphatic heterocycles. The molecule has 4 heteroatoms. The normalized spacial score (nSPS) is 11.7. The van der Waals surface area contributed by atoms with Gasteiger partial charge in [0.05, 0.1) is 13.0 Å². The lowest BCUT2D eigenvalue weighted by molar-refractivity contribution is -0.120. The molecule has 0 aliphatic rings. The number of nitrogens with one attached hydrogen (secondary N) is 1. The first-order valence-electron chi connectivity index (χ1n) is 8.41. The number of rotatable bonds is 7. The van der Waals surface area contributed by atoms with Gasteiger partial charge in [-0.2, -0.15) is 0 Å². The molecule has 0 saturated heterocycles. The maximum atomic E-state index is 12.1. The van der Waals surface area contributed by atoms with Crippen molar-refractivity contribution >= 4 is 5.91 Å². The highest BCUT2D eigenvalue weighted by Crippen LogP contribution is 2.11. The maximum Gasteiger partial charge on any atom is 0.224 e. The minimum absolute atomic E-state index is 0.00257. The summed E-state index contributed by atoms with van der Waals surface area (Å²) in [6.07, 6.45) is 4.28. The monoisotopic (exact) mass is 334 g/mol. The molecule has 4 nitrogen and oxygen atoms in total. The molecule has 0 fully saturated rings. The van der Waals surface area contributed by atoms with Gasteiger partial charge in [0.2, 0.25) is 5.91 Å². The van der Waals surface area contributed by atoms with E-state index in [9.17, 15) is 4.79 Å². The molecular formula is C21H22N2O2. The fraction of sp³-hybridized carbons (Fsp3) is 0.190. The van der Waals surface area contributed by atoms with E-state index in [0.717, 1.165) is 17.0 Å². The van der Waals surface area contributed by atoms with Crippen molar-refractivity contribution in [2.24, 2.45) is 0 Å². The van der Waals surface area contributed by atoms with Crippen LogP contribution in [-0.4, -0.2) is 23.1 Å². The molecule has 128 valence electrons. The number of carbonyl (C=O) groups is 1. The van der Waals surface area contributed by atoms with Crippen LogP contribution < -0.4 is 10.1 Å². The molecule has 2 aromatic carbocycles. The molecule has 0 spiro atoms. The number of benzene rings is 2. The summed E-state index contributed by atoms with van der Waals surface area (Å²) in [5.74, 6) is 0.807. The van der Waals surface area contributed by atoms with Crippen LogP contribution in [0.15, 0.2) is 79.1 Å². The van der Waals surface area contributed by atoms with Gasteiger partial charge < -0.3 is 14.6 Å². The van der Waals surface area contributed by atoms with Crippen molar-refractivity contribution < 1.29 is 9.53 Å². The van der Waals surface area contributed by atoms with Crippen molar-refractivity contribution in [2.45, 2.75) is 19.4 Å². The van der Waals surface area contributed by atoms with Gasteiger partial charge in [-0.05, 0) is 48.9 Å². The molecule has 0 saturated carbocycles. The molecule has 25 heavy (non-hydrogen) atoms. The minimum atomic E-state index is -0.0810. The van der Waals surface area contributed by atoms with Crippen LogP contribution in [0.4, 0.5) is 0 Å². The van der Waals surface area contributed by atoms with E-state index in [0.29, 0.717) is 13.0 Å². The highest BCUT2D eigenvalue weighted by Gasteiger charge is 2.08. The molecule has 1 amide bonds. The van der Waals surface area contributed by atoms with Gasteiger partial charge in [0, 0.05) is 18.1 Å². The van der Waals surface area contributed by atoms with Crippen molar-refractivity contribution in [3.63, 3.8) is 0 Å². The molecule has 1 N–H and O–H groups in total. The molecule has 0 aliphatic carbocycles. The van der Waals surface area contributed by atoms with Crippen LogP contribution in [0.5, 0.6) is 5.75 Å². The average molecular weight is 334 g/mol. The molecule has 3 aromatic rings. The third-order valence-electron chi connectivity index (χ3n) is 3.87. The number of para-hydroxylation sites is 1. The molecule has 0 radical (unpaired) electrons. The van der Waals surface area contributed by atoms with Crippen LogP contribution in [0.3, 0.4) is 0 Å². The molecule has 1 heterocycles. The average Bonchev–Trinajstić information content (AvgIpc) is 3.16. The minimum Gasteiger partial charge on any atom is -0.489 e. The topological polar surface area (TPSA) is 43.3 Å². The van der Waals surface area contributed by atoms with E-state index in [-0.39, 0.29) is 12.0 Å². The Morgan fingerprint density at radius 2 is 1.68 bits per heavy atom. The molecule has 1 aromatic heterocycles. The zero-order chi connectivity index (χ0) is 17.5. The van der Waals surface area contributed by atoms with Crippen LogP contribution >= 0.6 is 0 Å². The fourth-order valence-corrected chi connectivity index (χ4v) is 2.57. The lowest BCUT2D eigenvalue weighted by Gasteiger charge is -2.15. The molecule has 3 rings (SSSR count). The summed E-state index contributed by atoms with van der Waals surface area (Å²) < 4.78 is 7.79. The van der Waals surface area contributed by atoms with Crippen molar-refractivity contribution in [2.75, 3.05) is 6.54 Å². The Morgan fingerprint density at radius 3 is 2.36 bits per heavy atom. The van der Waals surface area contributed by atoms with Gasteiger partial charge >= 0.3 is 0 Å². The first kappa shape index (κ1) is 16.8. The van der Waals surface area contributed by atoms with E-state index in [1.807, 2.05) is 90.6 Å². The first-order chi connectivity index (χ1) is 12.2. The van der Waals surface area contributed by atoms with Crippen molar-refractivity contribution in [1.29, 1.82) is 0 Å². The highest BCUT2D eigenvalue weighted by atomic mass is 16.5. The van der Waals surface area contributed by atoms with Gasteiger partial charge in [-0.1, -0.05) is 30.3 Å². The molecular weight excluding hydrogens is 312 g/mol. The van der Waals surface area contributed by atoms with Gasteiger partial charge in [0.1, 0.15) is 11.9 Å². The number of hydrogen-bond acceptors (Lipinski definition) is 2. The Morgan fingerprint density at radius 1 is 1.00 bits per heavy atom. The molecule has 1 atom stereocenters. The number of hydrogen-bond donors (Lipinski definition) is 1. The number of aromatic nitrogens is 1. The summed E-state index contributed by atoms with van der Waals surface area (Å²) in [4.78, 5) is 12.1.